The first kappa shape index (κ1) is 14.6. The minimum atomic E-state index is -1.13. The molecule has 2 N–H and O–H groups in total. The Labute approximate surface area is 119 Å². The van der Waals surface area contributed by atoms with E-state index in [9.17, 15) is 18.4 Å². The molecule has 0 atom stereocenters. The maximum absolute atomic E-state index is 13.5. The Morgan fingerprint density at radius 2 is 1.76 bits per heavy atom. The molecule has 2 rings (SSSR count). The lowest BCUT2D eigenvalue weighted by molar-refractivity contribution is 0.0695. The van der Waals surface area contributed by atoms with Gasteiger partial charge in [0.05, 0.1) is 11.1 Å². The lowest BCUT2D eigenvalue weighted by Gasteiger charge is -2.08. The summed E-state index contributed by atoms with van der Waals surface area (Å²) < 4.78 is 26.3. The summed E-state index contributed by atoms with van der Waals surface area (Å²) in [5.41, 5.74) is 0.460. The molecule has 0 saturated heterocycles. The highest BCUT2D eigenvalue weighted by Gasteiger charge is 2.14. The second-order valence-electron chi connectivity index (χ2n) is 4.41. The first-order valence-electron chi connectivity index (χ1n) is 5.99. The van der Waals surface area contributed by atoms with Crippen molar-refractivity contribution in [2.24, 2.45) is 0 Å². The average Bonchev–Trinajstić information content (AvgIpc) is 2.40. The van der Waals surface area contributed by atoms with Crippen molar-refractivity contribution in [3.63, 3.8) is 0 Å². The van der Waals surface area contributed by atoms with Gasteiger partial charge in [0.2, 0.25) is 0 Å². The number of carbonyl (C=O) groups is 2. The third kappa shape index (κ3) is 3.22. The summed E-state index contributed by atoms with van der Waals surface area (Å²) in [5, 5.41) is 11.4. The molecular formula is C15H11F2NO3. The first-order chi connectivity index (χ1) is 9.88. The summed E-state index contributed by atoms with van der Waals surface area (Å²) in [5.74, 6) is -3.69. The van der Waals surface area contributed by atoms with Crippen LogP contribution < -0.4 is 5.32 Å². The van der Waals surface area contributed by atoms with E-state index in [1.54, 1.807) is 6.92 Å². The van der Waals surface area contributed by atoms with Crippen molar-refractivity contribution in [3.8, 4) is 0 Å². The molecule has 4 nitrogen and oxygen atoms in total. The Kier molecular flexibility index (Phi) is 3.98. The highest BCUT2D eigenvalue weighted by Crippen LogP contribution is 2.17. The summed E-state index contributed by atoms with van der Waals surface area (Å²) in [6.07, 6.45) is 0. The third-order valence-corrected chi connectivity index (χ3v) is 2.90. The summed E-state index contributed by atoms with van der Waals surface area (Å²) in [7, 11) is 0. The van der Waals surface area contributed by atoms with E-state index in [4.69, 9.17) is 5.11 Å². The first-order valence-corrected chi connectivity index (χ1v) is 5.99. The highest BCUT2D eigenvalue weighted by atomic mass is 19.1. The molecule has 21 heavy (non-hydrogen) atoms. The molecule has 0 aliphatic rings. The van der Waals surface area contributed by atoms with Gasteiger partial charge in [-0.05, 0) is 36.8 Å². The van der Waals surface area contributed by atoms with Gasteiger partial charge in [-0.1, -0.05) is 6.07 Å². The molecule has 0 fully saturated rings. The number of aromatic carboxylic acids is 1. The average molecular weight is 291 g/mol. The van der Waals surface area contributed by atoms with Crippen LogP contribution in [0, 0.1) is 18.6 Å². The highest BCUT2D eigenvalue weighted by molar-refractivity contribution is 6.05. The number of carbonyl (C=O) groups excluding carboxylic acids is 1. The fourth-order valence-corrected chi connectivity index (χ4v) is 1.80. The van der Waals surface area contributed by atoms with Gasteiger partial charge < -0.3 is 10.4 Å². The predicted molar refractivity (Wildman–Crippen MR) is 72.4 cm³/mol. The number of nitrogens with one attached hydrogen (secondary N) is 1. The van der Waals surface area contributed by atoms with E-state index in [0.717, 1.165) is 12.1 Å². The van der Waals surface area contributed by atoms with E-state index in [2.05, 4.69) is 5.32 Å². The van der Waals surface area contributed by atoms with Gasteiger partial charge in [-0.3, -0.25) is 4.79 Å². The molecule has 0 radical (unpaired) electrons. The Hall–Kier alpha value is -2.76. The van der Waals surface area contributed by atoms with E-state index < -0.39 is 23.5 Å². The van der Waals surface area contributed by atoms with Crippen LogP contribution >= 0.6 is 0 Å². The normalized spacial score (nSPS) is 10.2. The number of hydrogen-bond acceptors (Lipinski definition) is 2. The summed E-state index contributed by atoms with van der Waals surface area (Å²) in [6, 6.07) is 6.90. The number of halogens is 2. The van der Waals surface area contributed by atoms with Crippen LogP contribution in [0.5, 0.6) is 0 Å². The Morgan fingerprint density at radius 3 is 2.38 bits per heavy atom. The van der Waals surface area contributed by atoms with Crippen molar-refractivity contribution in [1.29, 1.82) is 0 Å². The number of anilines is 1. The number of carboxylic acid groups (broad SMARTS) is 1. The summed E-state index contributed by atoms with van der Waals surface area (Å²) in [6.45, 7) is 1.62. The van der Waals surface area contributed by atoms with Gasteiger partial charge in [0, 0.05) is 11.8 Å². The Morgan fingerprint density at radius 1 is 1.05 bits per heavy atom. The quantitative estimate of drug-likeness (QED) is 0.912. The van der Waals surface area contributed by atoms with E-state index in [1.165, 1.54) is 18.2 Å². The smallest absolute Gasteiger partial charge is 0.336 e. The summed E-state index contributed by atoms with van der Waals surface area (Å²) >= 11 is 0. The molecule has 6 heteroatoms. The molecule has 108 valence electrons. The van der Waals surface area contributed by atoms with Crippen LogP contribution in [0.4, 0.5) is 14.5 Å². The number of carboxylic acids is 1. The molecule has 1 amide bonds. The number of rotatable bonds is 3. The lowest BCUT2D eigenvalue weighted by atomic mass is 10.1. The molecule has 0 bridgehead atoms. The number of hydrogen-bond donors (Lipinski definition) is 2. The zero-order chi connectivity index (χ0) is 15.6. The van der Waals surface area contributed by atoms with Crippen LogP contribution in [0.15, 0.2) is 36.4 Å². The Bertz CT molecular complexity index is 729. The Balaban J connectivity index is 2.27. The lowest BCUT2D eigenvalue weighted by Crippen LogP contribution is -2.14. The van der Waals surface area contributed by atoms with Crippen molar-refractivity contribution < 1.29 is 23.5 Å². The topological polar surface area (TPSA) is 66.4 Å². The fourth-order valence-electron chi connectivity index (χ4n) is 1.80. The molecule has 0 saturated carbocycles. The van der Waals surface area contributed by atoms with Crippen LogP contribution in [0.2, 0.25) is 0 Å². The van der Waals surface area contributed by atoms with Crippen molar-refractivity contribution in [3.05, 3.63) is 64.7 Å². The fraction of sp³-hybridized carbons (Fsp3) is 0.0667. The molecule has 0 heterocycles. The van der Waals surface area contributed by atoms with Gasteiger partial charge in [0.25, 0.3) is 5.91 Å². The van der Waals surface area contributed by atoms with Gasteiger partial charge in [-0.2, -0.15) is 0 Å². The van der Waals surface area contributed by atoms with Gasteiger partial charge >= 0.3 is 5.97 Å². The largest absolute Gasteiger partial charge is 0.478 e. The molecule has 0 spiro atoms. The van der Waals surface area contributed by atoms with Crippen molar-refractivity contribution in [2.45, 2.75) is 6.92 Å². The van der Waals surface area contributed by atoms with Gasteiger partial charge in [-0.25, -0.2) is 13.6 Å². The number of amides is 1. The minimum Gasteiger partial charge on any atom is -0.478 e. The molecular weight excluding hydrogens is 280 g/mol. The second-order valence-corrected chi connectivity index (χ2v) is 4.41. The predicted octanol–water partition coefficient (Wildman–Crippen LogP) is 3.22. The summed E-state index contributed by atoms with van der Waals surface area (Å²) in [4.78, 5) is 22.9. The molecule has 0 aliphatic heterocycles. The van der Waals surface area contributed by atoms with Crippen molar-refractivity contribution in [1.82, 2.24) is 0 Å². The van der Waals surface area contributed by atoms with Crippen molar-refractivity contribution in [2.75, 3.05) is 5.32 Å². The zero-order valence-corrected chi connectivity index (χ0v) is 11.0. The van der Waals surface area contributed by atoms with Gasteiger partial charge in [0.15, 0.2) is 0 Å². The van der Waals surface area contributed by atoms with E-state index in [1.807, 2.05) is 0 Å². The van der Waals surface area contributed by atoms with Crippen LogP contribution in [0.3, 0.4) is 0 Å². The molecule has 2 aromatic rings. The van der Waals surface area contributed by atoms with Crippen LogP contribution in [-0.2, 0) is 0 Å². The molecule has 0 aliphatic carbocycles. The van der Waals surface area contributed by atoms with Crippen LogP contribution in [0.1, 0.15) is 26.3 Å². The van der Waals surface area contributed by atoms with Gasteiger partial charge in [-0.15, -0.1) is 0 Å². The standard InChI is InChI=1S/C15H11F2NO3/c1-8-2-4-10(7-12(8)15(20)21)18-14(19)11-5-3-9(16)6-13(11)17/h2-7H,1H3,(H,18,19)(H,20,21). The SMILES string of the molecule is Cc1ccc(NC(=O)c2ccc(F)cc2F)cc1C(=O)O. The monoisotopic (exact) mass is 291 g/mol. The maximum atomic E-state index is 13.5. The molecule has 0 aromatic heterocycles. The minimum absolute atomic E-state index is 0.0346. The van der Waals surface area contributed by atoms with E-state index in [-0.39, 0.29) is 16.8 Å². The number of aryl methyl sites for hydroxylation is 1. The van der Waals surface area contributed by atoms with Crippen LogP contribution in [0.25, 0.3) is 0 Å². The van der Waals surface area contributed by atoms with Crippen LogP contribution in [-0.4, -0.2) is 17.0 Å². The second kappa shape index (κ2) is 5.70. The maximum Gasteiger partial charge on any atom is 0.336 e. The number of benzene rings is 2. The van der Waals surface area contributed by atoms with E-state index in [0.29, 0.717) is 11.6 Å². The third-order valence-electron chi connectivity index (χ3n) is 2.90. The zero-order valence-electron chi connectivity index (χ0n) is 11.0. The molecule has 0 unspecified atom stereocenters. The van der Waals surface area contributed by atoms with E-state index >= 15 is 0 Å². The van der Waals surface area contributed by atoms with Gasteiger partial charge in [0.1, 0.15) is 11.6 Å². The van der Waals surface area contributed by atoms with Crippen molar-refractivity contribution >= 4 is 17.6 Å². The molecule has 2 aromatic carbocycles.